The summed E-state index contributed by atoms with van der Waals surface area (Å²) < 4.78 is 4.16. The van der Waals surface area contributed by atoms with Crippen LogP contribution in [0.25, 0.3) is 0 Å². The Morgan fingerprint density at radius 1 is 1.33 bits per heavy atom. The normalized spacial score (nSPS) is 9.90. The van der Waals surface area contributed by atoms with Gasteiger partial charge in [-0.05, 0) is 57.3 Å². The molecule has 2 N–H and O–H groups in total. The number of hydrogen-bond donors (Lipinski definition) is 2. The summed E-state index contributed by atoms with van der Waals surface area (Å²) in [5.41, 5.74) is 0.600. The van der Waals surface area contributed by atoms with Crippen LogP contribution in [0.4, 0.5) is 0 Å². The lowest BCUT2D eigenvalue weighted by atomic mass is 10.3. The zero-order chi connectivity index (χ0) is 15.7. The average molecular weight is 419 g/mol. The Kier molecular flexibility index (Phi) is 8.45. The Bertz CT molecular complexity index is 549. The number of unbranched alkanes of at least 4 members (excludes halogenated alkanes) is 1. The fourth-order valence-electron chi connectivity index (χ4n) is 1.58. The molecule has 6 heteroatoms. The summed E-state index contributed by atoms with van der Waals surface area (Å²) in [5.74, 6) is -0.0425. The molecular weight excluding hydrogens is 398 g/mol. The highest BCUT2D eigenvalue weighted by Crippen LogP contribution is 2.10. The molecule has 0 aliphatic heterocycles. The third-order valence-corrected chi connectivity index (χ3v) is 3.71. The largest absolute Gasteiger partial charge is 0.356 e. The number of nitrogens with zero attached hydrogens (tertiary/aromatic N) is 1. The van der Waals surface area contributed by atoms with Crippen molar-refractivity contribution in [3.05, 3.63) is 45.4 Å². The zero-order valence-corrected chi connectivity index (χ0v) is 15.5. The van der Waals surface area contributed by atoms with Crippen LogP contribution in [0.15, 0.2) is 39.7 Å². The molecule has 116 valence electrons. The number of halogens is 2. The van der Waals surface area contributed by atoms with Crippen LogP contribution >= 0.6 is 31.9 Å². The van der Waals surface area contributed by atoms with Crippen molar-refractivity contribution in [2.24, 2.45) is 0 Å². The summed E-state index contributed by atoms with van der Waals surface area (Å²) in [6.07, 6.45) is 7.96. The molecule has 2 heterocycles. The van der Waals surface area contributed by atoms with Crippen molar-refractivity contribution in [1.29, 1.82) is 0 Å². The van der Waals surface area contributed by atoms with Gasteiger partial charge in [0, 0.05) is 40.6 Å². The molecule has 0 aromatic carbocycles. The van der Waals surface area contributed by atoms with Gasteiger partial charge in [-0.15, -0.1) is 0 Å². The molecule has 0 atom stereocenters. The van der Waals surface area contributed by atoms with Gasteiger partial charge in [0.1, 0.15) is 5.69 Å². The van der Waals surface area contributed by atoms with Gasteiger partial charge >= 0.3 is 0 Å². The number of aromatic nitrogens is 2. The number of aromatic amines is 1. The highest BCUT2D eigenvalue weighted by Gasteiger charge is 2.05. The van der Waals surface area contributed by atoms with Crippen molar-refractivity contribution in [3.8, 4) is 0 Å². The van der Waals surface area contributed by atoms with Crippen LogP contribution in [0.3, 0.4) is 0 Å². The van der Waals surface area contributed by atoms with Crippen LogP contribution in [0, 0.1) is 0 Å². The lowest BCUT2D eigenvalue weighted by Crippen LogP contribution is -2.24. The number of amides is 1. The van der Waals surface area contributed by atoms with Crippen molar-refractivity contribution < 1.29 is 4.79 Å². The summed E-state index contributed by atoms with van der Waals surface area (Å²) in [7, 11) is 0. The predicted octanol–water partition coefficient (Wildman–Crippen LogP) is 4.58. The third-order valence-electron chi connectivity index (χ3n) is 2.79. The average Bonchev–Trinajstić information content (AvgIpc) is 3.08. The molecule has 1 amide bonds. The summed E-state index contributed by atoms with van der Waals surface area (Å²) in [6, 6.07) is 3.80. The van der Waals surface area contributed by atoms with Crippen LogP contribution < -0.4 is 5.32 Å². The van der Waals surface area contributed by atoms with E-state index in [-0.39, 0.29) is 5.91 Å². The van der Waals surface area contributed by atoms with Crippen molar-refractivity contribution in [3.63, 3.8) is 0 Å². The van der Waals surface area contributed by atoms with Crippen LogP contribution in [-0.2, 0) is 6.54 Å². The fraction of sp³-hybridized carbons (Fsp3) is 0.400. The molecule has 2 aromatic rings. The molecule has 21 heavy (non-hydrogen) atoms. The zero-order valence-electron chi connectivity index (χ0n) is 12.3. The Hall–Kier alpha value is -1.01. The van der Waals surface area contributed by atoms with Crippen LogP contribution in [0.2, 0.25) is 0 Å². The van der Waals surface area contributed by atoms with E-state index < -0.39 is 0 Å². The number of carbonyl (C=O) groups is 1. The van der Waals surface area contributed by atoms with Gasteiger partial charge in [0.2, 0.25) is 0 Å². The van der Waals surface area contributed by atoms with Crippen LogP contribution in [-0.4, -0.2) is 22.0 Å². The first-order valence-electron chi connectivity index (χ1n) is 7.00. The first-order valence-corrected chi connectivity index (χ1v) is 8.58. The fourth-order valence-corrected chi connectivity index (χ4v) is 2.31. The van der Waals surface area contributed by atoms with Gasteiger partial charge in [-0.3, -0.25) is 4.79 Å². The maximum absolute atomic E-state index is 11.4. The molecule has 0 fully saturated rings. The number of H-pyrrole nitrogens is 1. The quantitative estimate of drug-likeness (QED) is 0.686. The second kappa shape index (κ2) is 9.84. The molecule has 0 unspecified atom stereocenters. The molecule has 2 aromatic heterocycles. The number of hydrogen-bond acceptors (Lipinski definition) is 1. The first kappa shape index (κ1) is 18.0. The minimum atomic E-state index is -0.0425. The SMILES string of the molecule is CCCCNC(=O)c1cc(Br)c[nH]1.CCn1ccc(Br)c1. The Labute approximate surface area is 142 Å². The lowest BCUT2D eigenvalue weighted by Gasteiger charge is -2.00. The minimum absolute atomic E-state index is 0.0425. The number of nitrogens with one attached hydrogen (secondary N) is 2. The van der Waals surface area contributed by atoms with Gasteiger partial charge in [0.05, 0.1) is 0 Å². The summed E-state index contributed by atoms with van der Waals surface area (Å²) in [4.78, 5) is 14.2. The highest BCUT2D eigenvalue weighted by atomic mass is 79.9. The van der Waals surface area contributed by atoms with Gasteiger partial charge in [0.25, 0.3) is 5.91 Å². The summed E-state index contributed by atoms with van der Waals surface area (Å²) in [6.45, 7) is 6.00. The maximum atomic E-state index is 11.4. The molecule has 0 saturated heterocycles. The predicted molar refractivity (Wildman–Crippen MR) is 93.5 cm³/mol. The molecule has 0 saturated carbocycles. The van der Waals surface area contributed by atoms with Gasteiger partial charge in [-0.25, -0.2) is 0 Å². The monoisotopic (exact) mass is 417 g/mol. The number of rotatable bonds is 5. The Balaban J connectivity index is 0.000000235. The molecule has 4 nitrogen and oxygen atoms in total. The van der Waals surface area contributed by atoms with E-state index in [1.165, 1.54) is 0 Å². The smallest absolute Gasteiger partial charge is 0.267 e. The first-order chi connectivity index (χ1) is 10.1. The molecule has 2 rings (SSSR count). The van der Waals surface area contributed by atoms with Crippen LogP contribution in [0.1, 0.15) is 37.2 Å². The molecule has 0 aliphatic rings. The van der Waals surface area contributed by atoms with Gasteiger partial charge in [0.15, 0.2) is 0 Å². The summed E-state index contributed by atoms with van der Waals surface area (Å²) >= 11 is 6.62. The summed E-state index contributed by atoms with van der Waals surface area (Å²) in [5, 5.41) is 2.82. The maximum Gasteiger partial charge on any atom is 0.267 e. The Morgan fingerprint density at radius 2 is 2.10 bits per heavy atom. The molecular formula is C15H21Br2N3O. The minimum Gasteiger partial charge on any atom is -0.356 e. The van der Waals surface area contributed by atoms with Gasteiger partial charge < -0.3 is 14.9 Å². The van der Waals surface area contributed by atoms with Crippen molar-refractivity contribution in [1.82, 2.24) is 14.9 Å². The van der Waals surface area contributed by atoms with Crippen LogP contribution in [0.5, 0.6) is 0 Å². The molecule has 0 radical (unpaired) electrons. The van der Waals surface area contributed by atoms with Crippen molar-refractivity contribution >= 4 is 37.8 Å². The van der Waals surface area contributed by atoms with E-state index in [1.807, 2.05) is 12.3 Å². The van der Waals surface area contributed by atoms with E-state index in [2.05, 4.69) is 66.8 Å². The number of carbonyl (C=O) groups excluding carboxylic acids is 1. The van der Waals surface area contributed by atoms with Crippen molar-refractivity contribution in [2.75, 3.05) is 6.54 Å². The lowest BCUT2D eigenvalue weighted by molar-refractivity contribution is 0.0949. The van der Waals surface area contributed by atoms with Crippen molar-refractivity contribution in [2.45, 2.75) is 33.2 Å². The standard InChI is InChI=1S/C9H13BrN2O.C6H8BrN/c1-2-3-4-11-9(13)8-5-7(10)6-12-8;1-2-8-4-3-6(7)5-8/h5-6,12H,2-4H2,1H3,(H,11,13);3-5H,2H2,1H3. The van der Waals surface area contributed by atoms with E-state index >= 15 is 0 Å². The van der Waals surface area contributed by atoms with E-state index in [4.69, 9.17) is 0 Å². The molecule has 0 bridgehead atoms. The topological polar surface area (TPSA) is 49.8 Å². The Morgan fingerprint density at radius 3 is 2.52 bits per heavy atom. The third kappa shape index (κ3) is 7.00. The second-order valence-corrected chi connectivity index (χ2v) is 6.33. The van der Waals surface area contributed by atoms with E-state index in [0.29, 0.717) is 5.69 Å². The molecule has 0 spiro atoms. The number of aryl methyl sites for hydroxylation is 1. The van der Waals surface area contributed by atoms with E-state index in [1.54, 1.807) is 12.3 Å². The van der Waals surface area contributed by atoms with E-state index in [0.717, 1.165) is 34.9 Å². The van der Waals surface area contributed by atoms with E-state index in [9.17, 15) is 4.79 Å². The van der Waals surface area contributed by atoms with Gasteiger partial charge in [-0.1, -0.05) is 13.3 Å². The second-order valence-electron chi connectivity index (χ2n) is 4.50. The van der Waals surface area contributed by atoms with Gasteiger partial charge in [-0.2, -0.15) is 0 Å². The highest BCUT2D eigenvalue weighted by molar-refractivity contribution is 9.10. The molecule has 0 aliphatic carbocycles.